The van der Waals surface area contributed by atoms with Gasteiger partial charge in [0, 0.05) is 50.3 Å². The van der Waals surface area contributed by atoms with Crippen molar-refractivity contribution in [1.82, 2.24) is 0 Å². The highest BCUT2D eigenvalue weighted by molar-refractivity contribution is 7.00. The van der Waals surface area contributed by atoms with E-state index < -0.39 is 43.0 Å². The van der Waals surface area contributed by atoms with Gasteiger partial charge in [0.15, 0.2) is 0 Å². The normalized spacial score (nSPS) is 14.2. The van der Waals surface area contributed by atoms with Crippen molar-refractivity contribution in [2.75, 3.05) is 9.80 Å². The smallest absolute Gasteiger partial charge is 0.252 e. The lowest BCUT2D eigenvalue weighted by molar-refractivity contribution is 0.591. The van der Waals surface area contributed by atoms with E-state index >= 15 is 0 Å². The Kier molecular flexibility index (Phi) is 9.90. The number of rotatable bonds is 9. The van der Waals surface area contributed by atoms with Crippen LogP contribution in [-0.4, -0.2) is 6.71 Å². The molecule has 4 heteroatoms. The molecule has 16 rings (SSSR count). The zero-order valence-corrected chi connectivity index (χ0v) is 47.5. The summed E-state index contributed by atoms with van der Waals surface area (Å²) in [5.41, 5.74) is 19.7. The van der Waals surface area contributed by atoms with Gasteiger partial charge in [-0.05, 0) is 161 Å². The van der Waals surface area contributed by atoms with Gasteiger partial charge < -0.3 is 14.2 Å². The van der Waals surface area contributed by atoms with E-state index in [0.717, 1.165) is 122 Å². The van der Waals surface area contributed by atoms with Crippen molar-refractivity contribution in [2.24, 2.45) is 0 Å². The molecule has 3 nitrogen and oxygen atoms in total. The second-order valence-corrected chi connectivity index (χ2v) is 23.3. The maximum atomic E-state index is 9.52. The molecule has 0 saturated carbocycles. The zero-order chi connectivity index (χ0) is 66.2. The summed E-state index contributed by atoms with van der Waals surface area (Å²) in [6.07, 6.45) is 0. The summed E-state index contributed by atoms with van der Waals surface area (Å²) in [4.78, 5) is 4.67. The summed E-state index contributed by atoms with van der Waals surface area (Å²) in [5.74, 6) is 0. The molecule has 406 valence electrons. The highest BCUT2D eigenvalue weighted by Gasteiger charge is 2.45. The van der Waals surface area contributed by atoms with E-state index in [9.17, 15) is 5.48 Å². The highest BCUT2D eigenvalue weighted by atomic mass is 16.3. The van der Waals surface area contributed by atoms with Gasteiger partial charge in [-0.15, -0.1) is 0 Å². The molecule has 14 aromatic rings. The van der Waals surface area contributed by atoms with Crippen molar-refractivity contribution in [3.63, 3.8) is 0 Å². The number of fused-ring (bicyclic) bond motifs is 7. The van der Waals surface area contributed by atoms with Crippen molar-refractivity contribution in [3.05, 3.63) is 309 Å². The Morgan fingerprint density at radius 3 is 1.45 bits per heavy atom. The van der Waals surface area contributed by atoms with Crippen LogP contribution in [0.4, 0.5) is 34.1 Å². The first-order valence-electron chi connectivity index (χ1n) is 34.1. The van der Waals surface area contributed by atoms with Crippen LogP contribution in [0.25, 0.3) is 99.8 Å². The van der Waals surface area contributed by atoms with Crippen LogP contribution in [-0.2, 0) is 5.41 Å². The molecule has 0 saturated heterocycles. The fourth-order valence-electron chi connectivity index (χ4n) is 13.1. The van der Waals surface area contributed by atoms with Crippen LogP contribution in [0.3, 0.4) is 0 Å². The van der Waals surface area contributed by atoms with Crippen LogP contribution in [0.15, 0.2) is 307 Å². The molecule has 0 spiro atoms. The lowest BCUT2D eigenvalue weighted by Crippen LogP contribution is -2.61. The minimum Gasteiger partial charge on any atom is -0.456 e. The van der Waals surface area contributed by atoms with Crippen LogP contribution in [0.2, 0.25) is 0 Å². The standard InChI is InChI=1S/C82H59BN2O/c1-82(2,3)65-52-69(58-33-18-8-19-34-58)81(70(53-65)59-35-20-9-21-36-59)85-74-49-61(55-27-12-5-13-28-55)41-43-71(74)83-72-48-60(54-25-10-4-11-26-54)42-44-73(72)84(66-46-62(56-29-14-6-15-30-56)45-63(47-66)57-31-16-7-17-32-57)75-50-64(51-76(85)80(75)83)67-38-24-40-78-79(67)68-37-22-23-39-77(68)86-78/h4-53H,1-3H3/i4D,5D,10D,11D,12D,13D,25D,26D,27D,28D. The Balaban J connectivity index is 1.12. The predicted octanol–water partition coefficient (Wildman–Crippen LogP) is 20.6. The molecule has 2 aliphatic rings. The second-order valence-electron chi connectivity index (χ2n) is 23.3. The van der Waals surface area contributed by atoms with E-state index in [1.165, 1.54) is 0 Å². The maximum Gasteiger partial charge on any atom is 0.252 e. The van der Waals surface area contributed by atoms with E-state index in [0.29, 0.717) is 22.4 Å². The first-order valence-corrected chi connectivity index (χ1v) is 29.1. The Labute approximate surface area is 517 Å². The third kappa shape index (κ3) is 8.67. The van der Waals surface area contributed by atoms with Crippen molar-refractivity contribution >= 4 is 79.2 Å². The minimum absolute atomic E-state index is 0.0448. The van der Waals surface area contributed by atoms with Gasteiger partial charge in [0.05, 0.1) is 19.4 Å². The highest BCUT2D eigenvalue weighted by Crippen LogP contribution is 2.54. The number of benzene rings is 13. The molecule has 0 N–H and O–H groups in total. The van der Waals surface area contributed by atoms with Gasteiger partial charge in [-0.1, -0.05) is 257 Å². The predicted molar refractivity (Wildman–Crippen MR) is 364 cm³/mol. The van der Waals surface area contributed by atoms with Gasteiger partial charge in [-0.3, -0.25) is 0 Å². The van der Waals surface area contributed by atoms with E-state index in [-0.39, 0.29) is 40.7 Å². The lowest BCUT2D eigenvalue weighted by Gasteiger charge is -2.45. The van der Waals surface area contributed by atoms with Gasteiger partial charge in [-0.25, -0.2) is 0 Å². The van der Waals surface area contributed by atoms with Gasteiger partial charge in [0.2, 0.25) is 0 Å². The Hall–Kier alpha value is -10.7. The van der Waals surface area contributed by atoms with Crippen molar-refractivity contribution in [2.45, 2.75) is 26.2 Å². The molecule has 13 aromatic carbocycles. The van der Waals surface area contributed by atoms with Crippen LogP contribution < -0.4 is 26.2 Å². The summed E-state index contributed by atoms with van der Waals surface area (Å²) < 4.78 is 98.0. The molecular weight excluding hydrogens is 1040 g/mol. The quantitative estimate of drug-likeness (QED) is 0.134. The number of nitrogens with zero attached hydrogens (tertiary/aromatic N) is 2. The molecule has 86 heavy (non-hydrogen) atoms. The van der Waals surface area contributed by atoms with Crippen LogP contribution in [0.1, 0.15) is 40.0 Å². The topological polar surface area (TPSA) is 19.6 Å². The van der Waals surface area contributed by atoms with E-state index in [1.807, 2.05) is 115 Å². The second kappa shape index (κ2) is 20.6. The summed E-state index contributed by atoms with van der Waals surface area (Å²) >= 11 is 0. The van der Waals surface area contributed by atoms with Crippen molar-refractivity contribution in [3.8, 4) is 77.9 Å². The molecule has 1 aromatic heterocycles. The van der Waals surface area contributed by atoms with Gasteiger partial charge in [0.25, 0.3) is 6.71 Å². The fraction of sp³-hybridized carbons (Fsp3) is 0.0488. The average Bonchev–Trinajstić information content (AvgIpc) is 0.718. The first kappa shape index (κ1) is 41.3. The summed E-state index contributed by atoms with van der Waals surface area (Å²) in [6, 6.07) is 79.1. The number of para-hydroxylation sites is 1. The number of furan rings is 1. The van der Waals surface area contributed by atoms with Gasteiger partial charge in [-0.2, -0.15) is 0 Å². The van der Waals surface area contributed by atoms with Crippen LogP contribution >= 0.6 is 0 Å². The minimum atomic E-state index is -0.675. The van der Waals surface area contributed by atoms with E-state index in [2.05, 4.69) is 158 Å². The van der Waals surface area contributed by atoms with E-state index in [4.69, 9.17) is 12.6 Å². The monoisotopic (exact) mass is 1110 g/mol. The molecule has 0 amide bonds. The average molecular weight is 1110 g/mol. The Bertz CT molecular complexity index is 5370. The molecule has 0 radical (unpaired) electrons. The van der Waals surface area contributed by atoms with Crippen LogP contribution in [0.5, 0.6) is 0 Å². The summed E-state index contributed by atoms with van der Waals surface area (Å²) in [7, 11) is 0. The van der Waals surface area contributed by atoms with Crippen molar-refractivity contribution < 1.29 is 18.1 Å². The summed E-state index contributed by atoms with van der Waals surface area (Å²) in [6.45, 7) is 5.99. The zero-order valence-electron chi connectivity index (χ0n) is 57.5. The molecule has 0 atom stereocenters. The maximum absolute atomic E-state index is 9.52. The molecule has 2 aliphatic heterocycles. The Morgan fingerprint density at radius 2 is 0.860 bits per heavy atom. The molecular formula is C82H59BN2O. The fourth-order valence-corrected chi connectivity index (χ4v) is 13.1. The van der Waals surface area contributed by atoms with Gasteiger partial charge in [0.1, 0.15) is 11.2 Å². The van der Waals surface area contributed by atoms with Gasteiger partial charge >= 0.3 is 0 Å². The largest absolute Gasteiger partial charge is 0.456 e. The van der Waals surface area contributed by atoms with Crippen molar-refractivity contribution in [1.29, 1.82) is 0 Å². The molecule has 0 unspecified atom stereocenters. The molecule has 0 bridgehead atoms. The molecule has 0 aliphatic carbocycles. The SMILES string of the molecule is [2H]c1c([2H])c([2H])c(-c2ccc3c(c2)B2c4ccc(-c5c([2H])c([2H])c([2H])c([2H])c5[2H])cc4N(c4c(-c5ccccc5)cc(C(C)(C)C)cc4-c4ccccc4)c4cc(-c5cccc6oc7ccccc7c56)cc(c42)N3c2cc(-c3ccccc3)cc(-c3ccccc3)c2)c([2H])c1[2H]. The van der Waals surface area contributed by atoms with Crippen LogP contribution in [0, 0.1) is 0 Å². The number of hydrogen-bond donors (Lipinski definition) is 0. The van der Waals surface area contributed by atoms with E-state index in [1.54, 1.807) is 0 Å². The first-order chi connectivity index (χ1) is 46.4. The number of anilines is 6. The lowest BCUT2D eigenvalue weighted by atomic mass is 9.33. The third-order valence-electron chi connectivity index (χ3n) is 17.1. The summed E-state index contributed by atoms with van der Waals surface area (Å²) in [5, 5.41) is 1.87. The Morgan fingerprint density at radius 1 is 0.349 bits per heavy atom. The molecule has 0 fully saturated rings. The molecule has 3 heterocycles. The third-order valence-corrected chi connectivity index (χ3v) is 17.1. The number of hydrogen-bond acceptors (Lipinski definition) is 3.